The second-order valence-electron chi connectivity index (χ2n) is 4.07. The second kappa shape index (κ2) is 7.68. The van der Waals surface area contributed by atoms with E-state index in [1.165, 1.54) is 0 Å². The highest BCUT2D eigenvalue weighted by Gasteiger charge is 2.20. The molecule has 0 heterocycles. The van der Waals surface area contributed by atoms with E-state index in [0.717, 1.165) is 12.1 Å². The first kappa shape index (κ1) is 14.5. The predicted molar refractivity (Wildman–Crippen MR) is 71.5 cm³/mol. The van der Waals surface area contributed by atoms with Crippen LogP contribution < -0.4 is 5.73 Å². The zero-order valence-electron chi connectivity index (χ0n) is 10.7. The van der Waals surface area contributed by atoms with Gasteiger partial charge in [-0.3, -0.25) is 4.90 Å². The van der Waals surface area contributed by atoms with Crippen molar-refractivity contribution >= 4 is 5.84 Å². The number of nitrogens with two attached hydrogens (primary N) is 1. The van der Waals surface area contributed by atoms with Gasteiger partial charge in [-0.2, -0.15) is 0 Å². The van der Waals surface area contributed by atoms with Gasteiger partial charge in [0.05, 0.1) is 6.61 Å². The van der Waals surface area contributed by atoms with Crippen molar-refractivity contribution in [2.45, 2.75) is 19.4 Å². The van der Waals surface area contributed by atoms with Gasteiger partial charge >= 0.3 is 0 Å². The van der Waals surface area contributed by atoms with Gasteiger partial charge in [0.15, 0.2) is 0 Å². The van der Waals surface area contributed by atoms with Crippen molar-refractivity contribution in [1.82, 2.24) is 4.90 Å². The summed E-state index contributed by atoms with van der Waals surface area (Å²) in [4.78, 5) is 2.10. The smallest absolute Gasteiger partial charge is 0.141 e. The van der Waals surface area contributed by atoms with E-state index in [9.17, 15) is 0 Å². The first-order chi connectivity index (χ1) is 8.72. The summed E-state index contributed by atoms with van der Waals surface area (Å²) in [5.74, 6) is 0.195. The minimum Gasteiger partial charge on any atom is -0.409 e. The largest absolute Gasteiger partial charge is 0.409 e. The third kappa shape index (κ3) is 4.01. The Balaban J connectivity index is 2.93. The number of aliphatic hydroxyl groups excluding tert-OH is 1. The van der Waals surface area contributed by atoms with Crippen LogP contribution in [0.15, 0.2) is 35.5 Å². The topological polar surface area (TPSA) is 82.1 Å². The molecule has 0 amide bonds. The van der Waals surface area contributed by atoms with Crippen molar-refractivity contribution in [3.63, 3.8) is 0 Å². The van der Waals surface area contributed by atoms with E-state index in [1.807, 2.05) is 37.3 Å². The Labute approximate surface area is 108 Å². The second-order valence-corrected chi connectivity index (χ2v) is 4.07. The van der Waals surface area contributed by atoms with Crippen molar-refractivity contribution in [2.75, 3.05) is 19.7 Å². The van der Waals surface area contributed by atoms with E-state index < -0.39 is 0 Å². The van der Waals surface area contributed by atoms with Crippen LogP contribution in [0.2, 0.25) is 0 Å². The Hall–Kier alpha value is -1.59. The van der Waals surface area contributed by atoms with Crippen LogP contribution >= 0.6 is 0 Å². The number of rotatable bonds is 7. The third-order valence-corrected chi connectivity index (χ3v) is 2.95. The van der Waals surface area contributed by atoms with Gasteiger partial charge in [-0.15, -0.1) is 0 Å². The van der Waals surface area contributed by atoms with Gasteiger partial charge in [0, 0.05) is 19.0 Å². The Kier molecular flexibility index (Phi) is 6.18. The molecule has 0 aromatic heterocycles. The highest BCUT2D eigenvalue weighted by Crippen LogP contribution is 2.23. The molecule has 0 radical (unpaired) electrons. The van der Waals surface area contributed by atoms with E-state index >= 15 is 0 Å². The summed E-state index contributed by atoms with van der Waals surface area (Å²) < 4.78 is 0. The molecule has 1 aromatic rings. The minimum absolute atomic E-state index is 0.0132. The molecule has 1 atom stereocenters. The van der Waals surface area contributed by atoms with Crippen LogP contribution in [0.1, 0.15) is 24.9 Å². The fourth-order valence-electron chi connectivity index (χ4n) is 2.03. The van der Waals surface area contributed by atoms with Crippen molar-refractivity contribution in [3.8, 4) is 0 Å². The molecule has 0 aliphatic rings. The minimum atomic E-state index is 0.0132. The predicted octanol–water partition coefficient (Wildman–Crippen LogP) is 1.18. The zero-order valence-corrected chi connectivity index (χ0v) is 10.7. The lowest BCUT2D eigenvalue weighted by Crippen LogP contribution is -2.34. The summed E-state index contributed by atoms with van der Waals surface area (Å²) in [5, 5.41) is 20.8. The molecule has 1 aromatic carbocycles. The molecule has 1 rings (SSSR count). The number of hydrogen-bond donors (Lipinski definition) is 3. The molecule has 0 spiro atoms. The van der Waals surface area contributed by atoms with Gasteiger partial charge in [0.25, 0.3) is 0 Å². The molecule has 18 heavy (non-hydrogen) atoms. The maximum Gasteiger partial charge on any atom is 0.141 e. The molecule has 100 valence electrons. The average Bonchev–Trinajstić information content (AvgIpc) is 2.43. The van der Waals surface area contributed by atoms with E-state index in [-0.39, 0.29) is 18.5 Å². The summed E-state index contributed by atoms with van der Waals surface area (Å²) >= 11 is 0. The molecular weight excluding hydrogens is 230 g/mol. The third-order valence-electron chi connectivity index (χ3n) is 2.95. The summed E-state index contributed by atoms with van der Waals surface area (Å²) in [6.07, 6.45) is 0.439. The van der Waals surface area contributed by atoms with E-state index in [2.05, 4.69) is 10.1 Å². The number of likely N-dealkylation sites (N-methyl/N-ethyl adjacent to an activating group) is 1. The van der Waals surface area contributed by atoms with E-state index in [1.54, 1.807) is 0 Å². The SMILES string of the molecule is CCN(CCO)C(C/C(N)=N/O)c1ccccc1. The maximum absolute atomic E-state index is 9.10. The van der Waals surface area contributed by atoms with Gasteiger partial charge < -0.3 is 16.0 Å². The molecule has 0 bridgehead atoms. The number of nitrogens with zero attached hydrogens (tertiary/aromatic N) is 2. The van der Waals surface area contributed by atoms with Crippen molar-refractivity contribution in [1.29, 1.82) is 0 Å². The van der Waals surface area contributed by atoms with Crippen molar-refractivity contribution < 1.29 is 10.3 Å². The summed E-state index contributed by atoms with van der Waals surface area (Å²) in [6.45, 7) is 3.47. The van der Waals surface area contributed by atoms with Crippen LogP contribution in [0.25, 0.3) is 0 Å². The Morgan fingerprint density at radius 1 is 1.39 bits per heavy atom. The lowest BCUT2D eigenvalue weighted by molar-refractivity contribution is 0.159. The highest BCUT2D eigenvalue weighted by atomic mass is 16.4. The summed E-state index contributed by atoms with van der Waals surface area (Å²) in [5.41, 5.74) is 6.71. The first-order valence-electron chi connectivity index (χ1n) is 6.09. The molecule has 0 fully saturated rings. The Morgan fingerprint density at radius 2 is 2.06 bits per heavy atom. The van der Waals surface area contributed by atoms with E-state index in [0.29, 0.717) is 13.0 Å². The molecular formula is C13H21N3O2. The lowest BCUT2D eigenvalue weighted by Gasteiger charge is -2.30. The van der Waals surface area contributed by atoms with Crippen LogP contribution in [-0.4, -0.2) is 40.7 Å². The van der Waals surface area contributed by atoms with Crippen molar-refractivity contribution in [2.24, 2.45) is 10.9 Å². The molecule has 0 saturated carbocycles. The van der Waals surface area contributed by atoms with Gasteiger partial charge in [-0.1, -0.05) is 42.4 Å². The monoisotopic (exact) mass is 251 g/mol. The lowest BCUT2D eigenvalue weighted by atomic mass is 10.0. The molecule has 0 aliphatic heterocycles. The van der Waals surface area contributed by atoms with Crippen LogP contribution in [0.3, 0.4) is 0 Å². The summed E-state index contributed by atoms with van der Waals surface area (Å²) in [7, 11) is 0. The van der Waals surface area contributed by atoms with Gasteiger partial charge in [0.2, 0.25) is 0 Å². The Bertz CT molecular complexity index is 368. The highest BCUT2D eigenvalue weighted by molar-refractivity contribution is 5.80. The van der Waals surface area contributed by atoms with Gasteiger partial charge in [-0.25, -0.2) is 0 Å². The van der Waals surface area contributed by atoms with E-state index in [4.69, 9.17) is 16.0 Å². The van der Waals surface area contributed by atoms with Crippen LogP contribution in [0.4, 0.5) is 0 Å². The molecule has 4 N–H and O–H groups in total. The maximum atomic E-state index is 9.10. The zero-order chi connectivity index (χ0) is 13.4. The number of oxime groups is 1. The molecule has 5 heteroatoms. The molecule has 0 saturated heterocycles. The number of amidine groups is 1. The molecule has 1 unspecified atom stereocenters. The fraction of sp³-hybridized carbons (Fsp3) is 0.462. The number of benzene rings is 1. The number of hydrogen-bond acceptors (Lipinski definition) is 4. The Morgan fingerprint density at radius 3 is 2.56 bits per heavy atom. The van der Waals surface area contributed by atoms with Crippen LogP contribution in [0, 0.1) is 0 Å². The fourth-order valence-corrected chi connectivity index (χ4v) is 2.03. The standard InChI is InChI=1S/C13H21N3O2/c1-2-16(8-9-17)12(10-13(14)15-18)11-6-4-3-5-7-11/h3-7,12,17-18H,2,8-10H2,1H3,(H2,14,15). The molecule has 0 aliphatic carbocycles. The molecule has 5 nitrogen and oxygen atoms in total. The van der Waals surface area contributed by atoms with Crippen LogP contribution in [-0.2, 0) is 0 Å². The average molecular weight is 251 g/mol. The summed E-state index contributed by atoms with van der Waals surface area (Å²) in [6, 6.07) is 9.90. The van der Waals surface area contributed by atoms with Crippen molar-refractivity contribution in [3.05, 3.63) is 35.9 Å². The van der Waals surface area contributed by atoms with Gasteiger partial charge in [-0.05, 0) is 12.1 Å². The first-order valence-corrected chi connectivity index (χ1v) is 6.09. The number of aliphatic hydroxyl groups is 1. The normalized spacial score (nSPS) is 13.8. The quantitative estimate of drug-likeness (QED) is 0.294. The van der Waals surface area contributed by atoms with Crippen LogP contribution in [0.5, 0.6) is 0 Å². The van der Waals surface area contributed by atoms with Gasteiger partial charge in [0.1, 0.15) is 5.84 Å².